The average Bonchev–Trinajstić information content (AvgIpc) is 2.92. The van der Waals surface area contributed by atoms with Crippen molar-refractivity contribution in [2.24, 2.45) is 47.3 Å². The van der Waals surface area contributed by atoms with Crippen molar-refractivity contribution in [2.75, 3.05) is 13.2 Å². The predicted molar refractivity (Wildman–Crippen MR) is 216 cm³/mol. The number of halogens is 2. The van der Waals surface area contributed by atoms with Gasteiger partial charge in [-0.25, -0.2) is 0 Å². The molecule has 0 rings (SSSR count). The standard InChI is InChI=1S/C42H84Br2O3/c1-13-21-45-41(19-15-17-31(3)23-33(5)25-35(7)27-37(9)29-39(11)43)47-42(46-22-14-2)20-16-18-32(4)24-34(6)26-36(8)28-38(10)30-40(12)44/h31-42H,13-30H2,1-12H3. The van der Waals surface area contributed by atoms with Crippen molar-refractivity contribution < 1.29 is 14.2 Å². The van der Waals surface area contributed by atoms with Gasteiger partial charge >= 0.3 is 0 Å². The Bertz CT molecular complexity index is 633. The number of hydrogen-bond acceptors (Lipinski definition) is 3. The second-order valence-corrected chi connectivity index (χ2v) is 20.0. The van der Waals surface area contributed by atoms with Crippen molar-refractivity contribution in [1.82, 2.24) is 0 Å². The highest BCUT2D eigenvalue weighted by Gasteiger charge is 2.21. The lowest BCUT2D eigenvalue weighted by Crippen LogP contribution is -2.28. The highest BCUT2D eigenvalue weighted by molar-refractivity contribution is 9.09. The summed E-state index contributed by atoms with van der Waals surface area (Å²) in [4.78, 5) is 1.25. The van der Waals surface area contributed by atoms with Crippen molar-refractivity contribution in [3.8, 4) is 0 Å². The molecule has 0 heterocycles. The third-order valence-electron chi connectivity index (χ3n) is 9.88. The minimum Gasteiger partial charge on any atom is -0.353 e. The molecule has 0 aromatic rings. The zero-order chi connectivity index (χ0) is 35.8. The first-order chi connectivity index (χ1) is 22.1. The van der Waals surface area contributed by atoms with Gasteiger partial charge in [0.1, 0.15) is 0 Å². The minimum absolute atomic E-state index is 0.159. The van der Waals surface area contributed by atoms with Crippen molar-refractivity contribution in [3.63, 3.8) is 0 Å². The fourth-order valence-electron chi connectivity index (χ4n) is 8.36. The van der Waals surface area contributed by atoms with Crippen LogP contribution in [0.4, 0.5) is 0 Å². The summed E-state index contributed by atoms with van der Waals surface area (Å²) in [5.41, 5.74) is 0. The summed E-state index contributed by atoms with van der Waals surface area (Å²) < 4.78 is 19.0. The lowest BCUT2D eigenvalue weighted by Gasteiger charge is -2.27. The van der Waals surface area contributed by atoms with Crippen molar-refractivity contribution >= 4 is 31.9 Å². The molecule has 0 spiro atoms. The fourth-order valence-corrected chi connectivity index (χ4v) is 9.63. The van der Waals surface area contributed by atoms with Gasteiger partial charge in [0.2, 0.25) is 0 Å². The monoisotopic (exact) mass is 794 g/mol. The van der Waals surface area contributed by atoms with Gasteiger partial charge in [-0.15, -0.1) is 0 Å². The molecular weight excluding hydrogens is 712 g/mol. The van der Waals surface area contributed by atoms with Crippen LogP contribution in [0.5, 0.6) is 0 Å². The van der Waals surface area contributed by atoms with Gasteiger partial charge in [0.25, 0.3) is 0 Å². The number of rotatable bonds is 32. The lowest BCUT2D eigenvalue weighted by molar-refractivity contribution is -0.250. The topological polar surface area (TPSA) is 27.7 Å². The molecule has 0 saturated heterocycles. The Balaban J connectivity index is 4.69. The third-order valence-corrected chi connectivity index (χ3v) is 10.6. The first-order valence-corrected chi connectivity index (χ1v) is 22.1. The molecule has 284 valence electrons. The molecule has 0 bridgehead atoms. The molecule has 0 aliphatic heterocycles. The maximum Gasteiger partial charge on any atom is 0.160 e. The molecule has 0 aromatic carbocycles. The van der Waals surface area contributed by atoms with E-state index in [4.69, 9.17) is 14.2 Å². The molecule has 0 amide bonds. The molecule has 3 nitrogen and oxygen atoms in total. The first kappa shape index (κ1) is 47.8. The SMILES string of the molecule is CCCOC(CCCC(C)CC(C)CC(C)CC(C)CC(C)Br)OC(CCCC(C)CC(C)CC(C)CC(C)CC(C)Br)OCCC. The maximum atomic E-state index is 6.56. The Morgan fingerprint density at radius 3 is 0.936 bits per heavy atom. The lowest BCUT2D eigenvalue weighted by atomic mass is 9.83. The first-order valence-electron chi connectivity index (χ1n) is 20.3. The van der Waals surface area contributed by atoms with E-state index in [-0.39, 0.29) is 12.6 Å². The van der Waals surface area contributed by atoms with E-state index in [1.54, 1.807) is 0 Å². The van der Waals surface area contributed by atoms with Gasteiger partial charge in [-0.05, 0) is 137 Å². The van der Waals surface area contributed by atoms with Crippen LogP contribution in [0.2, 0.25) is 0 Å². The molecule has 47 heavy (non-hydrogen) atoms. The highest BCUT2D eigenvalue weighted by Crippen LogP contribution is 2.30. The molecule has 0 aromatic heterocycles. The van der Waals surface area contributed by atoms with E-state index in [1.165, 1.54) is 64.2 Å². The minimum atomic E-state index is -0.159. The Morgan fingerprint density at radius 2 is 0.660 bits per heavy atom. The van der Waals surface area contributed by atoms with E-state index >= 15 is 0 Å². The molecule has 0 N–H and O–H groups in total. The highest BCUT2D eigenvalue weighted by atomic mass is 79.9. The smallest absolute Gasteiger partial charge is 0.160 e. The largest absolute Gasteiger partial charge is 0.353 e. The Morgan fingerprint density at radius 1 is 0.383 bits per heavy atom. The van der Waals surface area contributed by atoms with Crippen molar-refractivity contribution in [1.29, 1.82) is 0 Å². The fraction of sp³-hybridized carbons (Fsp3) is 1.00. The van der Waals surface area contributed by atoms with Gasteiger partial charge in [-0.1, -0.05) is 128 Å². The number of alkyl halides is 2. The predicted octanol–water partition coefficient (Wildman–Crippen LogP) is 14.6. The summed E-state index contributed by atoms with van der Waals surface area (Å²) in [6.07, 6.45) is 19.0. The molecule has 0 fully saturated rings. The quantitative estimate of drug-likeness (QED) is 0.0501. The van der Waals surface area contributed by atoms with Gasteiger partial charge in [0.05, 0.1) is 0 Å². The second-order valence-electron chi connectivity index (χ2n) is 16.9. The van der Waals surface area contributed by atoms with Gasteiger partial charge in [0.15, 0.2) is 12.6 Å². The van der Waals surface area contributed by atoms with Crippen molar-refractivity contribution in [3.05, 3.63) is 0 Å². The zero-order valence-corrected chi connectivity index (χ0v) is 36.8. The van der Waals surface area contributed by atoms with Crippen LogP contribution in [0.1, 0.15) is 186 Å². The molecule has 12 atom stereocenters. The van der Waals surface area contributed by atoms with Gasteiger partial charge in [-0.2, -0.15) is 0 Å². The van der Waals surface area contributed by atoms with E-state index in [0.29, 0.717) is 9.65 Å². The third kappa shape index (κ3) is 29.2. The molecule has 0 aliphatic rings. The maximum absolute atomic E-state index is 6.56. The summed E-state index contributed by atoms with van der Waals surface area (Å²) in [5.74, 6) is 6.26. The average molecular weight is 797 g/mol. The summed E-state index contributed by atoms with van der Waals surface area (Å²) in [7, 11) is 0. The molecule has 0 radical (unpaired) electrons. The normalized spacial score (nSPS) is 20.0. The van der Waals surface area contributed by atoms with E-state index in [9.17, 15) is 0 Å². The number of ether oxygens (including phenoxy) is 3. The summed E-state index contributed by atoms with van der Waals surface area (Å²) in [6.45, 7) is 30.0. The molecule has 0 saturated carbocycles. The van der Waals surface area contributed by atoms with Crippen LogP contribution in [0, 0.1) is 47.3 Å². The van der Waals surface area contributed by atoms with Crippen LogP contribution in [0.15, 0.2) is 0 Å². The van der Waals surface area contributed by atoms with Crippen LogP contribution in [-0.4, -0.2) is 35.4 Å². The Labute approximate surface area is 313 Å². The van der Waals surface area contributed by atoms with E-state index < -0.39 is 0 Å². The van der Waals surface area contributed by atoms with E-state index in [2.05, 4.69) is 115 Å². The van der Waals surface area contributed by atoms with Gasteiger partial charge in [0, 0.05) is 22.9 Å². The van der Waals surface area contributed by atoms with Crippen LogP contribution in [-0.2, 0) is 14.2 Å². The number of hydrogen-bond donors (Lipinski definition) is 0. The van der Waals surface area contributed by atoms with E-state index in [0.717, 1.165) is 99.1 Å². The van der Waals surface area contributed by atoms with Gasteiger partial charge in [-0.3, -0.25) is 0 Å². The Kier molecular flexibility index (Phi) is 29.9. The van der Waals surface area contributed by atoms with Crippen LogP contribution in [0.3, 0.4) is 0 Å². The van der Waals surface area contributed by atoms with Crippen LogP contribution >= 0.6 is 31.9 Å². The van der Waals surface area contributed by atoms with Crippen molar-refractivity contribution in [2.45, 2.75) is 208 Å². The molecule has 12 unspecified atom stereocenters. The molecule has 0 aliphatic carbocycles. The Hall–Kier alpha value is 0.840. The summed E-state index contributed by atoms with van der Waals surface area (Å²) in [6, 6.07) is 0. The second kappa shape index (κ2) is 29.4. The zero-order valence-electron chi connectivity index (χ0n) is 33.6. The van der Waals surface area contributed by atoms with E-state index in [1.807, 2.05) is 0 Å². The van der Waals surface area contributed by atoms with Gasteiger partial charge < -0.3 is 14.2 Å². The molecular formula is C42H84Br2O3. The summed E-state index contributed by atoms with van der Waals surface area (Å²) >= 11 is 7.47. The van der Waals surface area contributed by atoms with Crippen LogP contribution < -0.4 is 0 Å². The molecule has 5 heteroatoms. The van der Waals surface area contributed by atoms with Crippen LogP contribution in [0.25, 0.3) is 0 Å². The summed E-state index contributed by atoms with van der Waals surface area (Å²) in [5, 5.41) is 0.